The molecule has 1 unspecified atom stereocenters. The summed E-state index contributed by atoms with van der Waals surface area (Å²) in [5, 5.41) is 9.99. The van der Waals surface area contributed by atoms with Crippen molar-refractivity contribution >= 4 is 34.8 Å². The van der Waals surface area contributed by atoms with Gasteiger partial charge in [-0.05, 0) is 22.6 Å². The largest absolute Gasteiger partial charge is 0.313 e. The third kappa shape index (κ3) is 0.971. The molecule has 56 valence electrons. The van der Waals surface area contributed by atoms with E-state index in [2.05, 4.69) is 20.5 Å². The lowest BCUT2D eigenvalue weighted by atomic mass is 10.2. The summed E-state index contributed by atoms with van der Waals surface area (Å²) in [6.07, 6.45) is 0.959. The smallest absolute Gasteiger partial charge is 0.259 e. The first-order valence-electron chi connectivity index (χ1n) is 2.92. The first-order chi connectivity index (χ1) is 5.29. The first-order valence-corrected chi connectivity index (χ1v) is 4.00. The fourth-order valence-corrected chi connectivity index (χ4v) is 1.53. The summed E-state index contributed by atoms with van der Waals surface area (Å²) in [5.74, 6) is -0.153. The Kier molecular flexibility index (Phi) is 1.48. The lowest BCUT2D eigenvalue weighted by Gasteiger charge is -2.10. The number of hydrogen-bond acceptors (Lipinski definition) is 4. The second kappa shape index (κ2) is 2.36. The van der Waals surface area contributed by atoms with Crippen LogP contribution in [0, 0.1) is 0 Å². The van der Waals surface area contributed by atoms with Gasteiger partial charge in [0.05, 0.1) is 11.9 Å². The lowest BCUT2D eigenvalue weighted by molar-refractivity contribution is -0.116. The van der Waals surface area contributed by atoms with Crippen LogP contribution in [0.4, 0.5) is 0 Å². The van der Waals surface area contributed by atoms with Gasteiger partial charge in [-0.3, -0.25) is 4.79 Å². The Morgan fingerprint density at radius 3 is 3.18 bits per heavy atom. The molecule has 0 saturated heterocycles. The van der Waals surface area contributed by atoms with Crippen molar-refractivity contribution in [1.29, 1.82) is 0 Å². The molecule has 0 fully saturated rings. The third-order valence-corrected chi connectivity index (χ3v) is 2.19. The summed E-state index contributed by atoms with van der Waals surface area (Å²) >= 11 is 1.97. The van der Waals surface area contributed by atoms with E-state index in [-0.39, 0.29) is 5.91 Å². The molecule has 0 saturated carbocycles. The fraction of sp³-hybridized carbons (Fsp3) is 0.200. The molecule has 0 spiro atoms. The predicted molar refractivity (Wildman–Crippen MR) is 46.3 cm³/mol. The molecule has 2 heterocycles. The van der Waals surface area contributed by atoms with Gasteiger partial charge in [0.2, 0.25) is 0 Å². The van der Waals surface area contributed by atoms with E-state index in [1.807, 2.05) is 22.6 Å². The molecule has 1 N–H and O–H groups in total. The van der Waals surface area contributed by atoms with Crippen molar-refractivity contribution in [3.8, 4) is 0 Å². The van der Waals surface area contributed by atoms with Crippen LogP contribution in [0.2, 0.25) is 0 Å². The second-order valence-corrected chi connectivity index (χ2v) is 3.07. The number of amides is 1. The van der Waals surface area contributed by atoms with Gasteiger partial charge >= 0.3 is 0 Å². The van der Waals surface area contributed by atoms with E-state index in [0.717, 1.165) is 0 Å². The van der Waals surface area contributed by atoms with Gasteiger partial charge in [0.25, 0.3) is 5.91 Å². The van der Waals surface area contributed by atoms with Crippen molar-refractivity contribution in [2.45, 2.75) is 6.17 Å². The Bertz CT molecular complexity index is 306. The molecular formula is C5H3IN4O. The Hall–Kier alpha value is -0.790. The SMILES string of the molecule is O=C1NC=NC2N=NC(I)=C12. The maximum absolute atomic E-state index is 11.1. The highest BCUT2D eigenvalue weighted by Crippen LogP contribution is 2.28. The van der Waals surface area contributed by atoms with Crippen LogP contribution in [0.5, 0.6) is 0 Å². The topological polar surface area (TPSA) is 66.2 Å². The molecule has 11 heavy (non-hydrogen) atoms. The third-order valence-electron chi connectivity index (χ3n) is 1.39. The van der Waals surface area contributed by atoms with Crippen LogP contribution in [0.15, 0.2) is 24.5 Å². The van der Waals surface area contributed by atoms with Gasteiger partial charge in [-0.15, -0.1) is 5.11 Å². The number of nitrogens with one attached hydrogen (secondary N) is 1. The lowest BCUT2D eigenvalue weighted by Crippen LogP contribution is -2.32. The molecule has 0 aliphatic carbocycles. The molecule has 0 aromatic rings. The Morgan fingerprint density at radius 1 is 1.64 bits per heavy atom. The summed E-state index contributed by atoms with van der Waals surface area (Å²) in [5.41, 5.74) is 0.549. The fourth-order valence-electron chi connectivity index (χ4n) is 0.883. The predicted octanol–water partition coefficient (Wildman–Crippen LogP) is 0.583. The number of azo groups is 1. The number of halogens is 1. The summed E-state index contributed by atoms with van der Waals surface area (Å²) in [7, 11) is 0. The van der Waals surface area contributed by atoms with Gasteiger partial charge in [-0.1, -0.05) is 0 Å². The summed E-state index contributed by atoms with van der Waals surface area (Å²) < 4.78 is 0.627. The number of rotatable bonds is 0. The molecular weight excluding hydrogens is 259 g/mol. The van der Waals surface area contributed by atoms with E-state index >= 15 is 0 Å². The van der Waals surface area contributed by atoms with Gasteiger partial charge in [0, 0.05) is 0 Å². The minimum Gasteiger partial charge on any atom is -0.313 e. The summed E-state index contributed by atoms with van der Waals surface area (Å²) in [4.78, 5) is 15.0. The van der Waals surface area contributed by atoms with Crippen molar-refractivity contribution < 1.29 is 4.79 Å². The molecule has 5 nitrogen and oxygen atoms in total. The van der Waals surface area contributed by atoms with Crippen LogP contribution in [0.25, 0.3) is 0 Å². The van der Waals surface area contributed by atoms with Crippen LogP contribution in [-0.4, -0.2) is 18.4 Å². The number of carbonyl (C=O) groups excluding carboxylic acids is 1. The molecule has 1 atom stereocenters. The second-order valence-electron chi connectivity index (χ2n) is 2.05. The average Bonchev–Trinajstić information content (AvgIpc) is 2.34. The zero-order valence-electron chi connectivity index (χ0n) is 5.28. The van der Waals surface area contributed by atoms with Crippen LogP contribution >= 0.6 is 22.6 Å². The number of aliphatic imine (C=N–C) groups is 1. The molecule has 0 bridgehead atoms. The molecule has 2 rings (SSSR count). The maximum atomic E-state index is 11.1. The normalized spacial score (nSPS) is 27.4. The maximum Gasteiger partial charge on any atom is 0.259 e. The van der Waals surface area contributed by atoms with E-state index in [1.54, 1.807) is 0 Å². The van der Waals surface area contributed by atoms with Crippen LogP contribution in [0.3, 0.4) is 0 Å². The average molecular weight is 262 g/mol. The Labute approximate surface area is 75.8 Å². The Morgan fingerprint density at radius 2 is 2.45 bits per heavy atom. The number of nitrogens with zero attached hydrogens (tertiary/aromatic N) is 3. The quantitative estimate of drug-likeness (QED) is 0.503. The van der Waals surface area contributed by atoms with Crippen molar-refractivity contribution in [3.63, 3.8) is 0 Å². The minimum atomic E-state index is -0.393. The van der Waals surface area contributed by atoms with Crippen molar-refractivity contribution in [1.82, 2.24) is 5.32 Å². The number of fused-ring (bicyclic) bond motifs is 1. The van der Waals surface area contributed by atoms with Gasteiger partial charge in [0.15, 0.2) is 6.17 Å². The van der Waals surface area contributed by atoms with Crippen molar-refractivity contribution in [2.24, 2.45) is 15.2 Å². The van der Waals surface area contributed by atoms with Gasteiger partial charge in [-0.2, -0.15) is 5.11 Å². The highest BCUT2D eigenvalue weighted by Gasteiger charge is 2.29. The van der Waals surface area contributed by atoms with Crippen molar-refractivity contribution in [2.75, 3.05) is 0 Å². The van der Waals surface area contributed by atoms with E-state index in [0.29, 0.717) is 9.28 Å². The highest BCUT2D eigenvalue weighted by atomic mass is 127. The number of hydrogen-bond donors (Lipinski definition) is 1. The zero-order valence-corrected chi connectivity index (χ0v) is 7.44. The summed E-state index contributed by atoms with van der Waals surface area (Å²) in [6.45, 7) is 0. The van der Waals surface area contributed by atoms with Crippen LogP contribution < -0.4 is 5.32 Å². The standard InChI is InChI=1S/C5H3IN4O/c6-3-2-4(10-9-3)7-1-8-5(2)11/h1,4H,(H,7,8,11). The molecule has 2 aliphatic heterocycles. The Balaban J connectivity index is 2.49. The van der Waals surface area contributed by atoms with Gasteiger partial charge in [-0.25, -0.2) is 4.99 Å². The van der Waals surface area contributed by atoms with Gasteiger partial charge < -0.3 is 5.32 Å². The molecule has 0 aromatic carbocycles. The molecule has 1 amide bonds. The molecule has 6 heteroatoms. The first kappa shape index (κ1) is 6.89. The van der Waals surface area contributed by atoms with Crippen LogP contribution in [0.1, 0.15) is 0 Å². The molecule has 0 aromatic heterocycles. The zero-order chi connectivity index (χ0) is 7.84. The summed E-state index contributed by atoms with van der Waals surface area (Å²) in [6, 6.07) is 0. The van der Waals surface area contributed by atoms with Crippen molar-refractivity contribution in [3.05, 3.63) is 9.28 Å². The van der Waals surface area contributed by atoms with E-state index in [1.165, 1.54) is 6.34 Å². The monoisotopic (exact) mass is 262 g/mol. The van der Waals surface area contributed by atoms with Gasteiger partial charge in [0.1, 0.15) is 3.70 Å². The minimum absolute atomic E-state index is 0.153. The molecule has 2 aliphatic rings. The van der Waals surface area contributed by atoms with Crippen LogP contribution in [-0.2, 0) is 4.79 Å². The highest BCUT2D eigenvalue weighted by molar-refractivity contribution is 14.1. The van der Waals surface area contributed by atoms with E-state index in [4.69, 9.17) is 0 Å². The molecule has 0 radical (unpaired) electrons. The number of carbonyl (C=O) groups is 1. The van der Waals surface area contributed by atoms with E-state index in [9.17, 15) is 4.79 Å². The van der Waals surface area contributed by atoms with E-state index < -0.39 is 6.17 Å².